The largest absolute Gasteiger partial charge is 0.493 e. The molecule has 0 saturated heterocycles. The topological polar surface area (TPSA) is 62.5 Å². The first kappa shape index (κ1) is 18.3. The third-order valence-corrected chi connectivity index (χ3v) is 5.10. The van der Waals surface area contributed by atoms with Gasteiger partial charge in [0.2, 0.25) is 0 Å². The number of nitriles is 1. The molecule has 0 spiro atoms. The summed E-state index contributed by atoms with van der Waals surface area (Å²) in [5.41, 5.74) is 2.09. The van der Waals surface area contributed by atoms with Crippen LogP contribution in [-0.2, 0) is 0 Å². The van der Waals surface area contributed by atoms with Crippen molar-refractivity contribution in [2.24, 2.45) is 0 Å². The van der Waals surface area contributed by atoms with E-state index < -0.39 is 6.10 Å². The Balaban J connectivity index is 1.65. The minimum absolute atomic E-state index is 0.0634. The maximum atomic E-state index is 10.1. The molecule has 0 heterocycles. The van der Waals surface area contributed by atoms with Crippen molar-refractivity contribution in [2.45, 2.75) is 50.2 Å². The number of aliphatic hydroxyl groups excluding tert-OH is 1. The van der Waals surface area contributed by atoms with E-state index in [0.717, 1.165) is 25.7 Å². The van der Waals surface area contributed by atoms with Gasteiger partial charge in [-0.05, 0) is 54.9 Å². The highest BCUT2D eigenvalue weighted by Gasteiger charge is 2.24. The minimum atomic E-state index is -0.804. The van der Waals surface area contributed by atoms with E-state index in [1.807, 2.05) is 6.07 Å². The van der Waals surface area contributed by atoms with Gasteiger partial charge in [-0.25, -0.2) is 0 Å². The highest BCUT2D eigenvalue weighted by molar-refractivity contribution is 5.44. The zero-order valence-electron chi connectivity index (χ0n) is 15.1. The Labute approximate surface area is 155 Å². The van der Waals surface area contributed by atoms with Gasteiger partial charge in [-0.15, -0.1) is 0 Å². The van der Waals surface area contributed by atoms with Crippen LogP contribution in [0.3, 0.4) is 0 Å². The normalized spacial score (nSPS) is 20.8. The first-order chi connectivity index (χ1) is 12.7. The summed E-state index contributed by atoms with van der Waals surface area (Å²) in [4.78, 5) is 0. The molecule has 0 radical (unpaired) electrons. The Morgan fingerprint density at radius 1 is 1.08 bits per heavy atom. The summed E-state index contributed by atoms with van der Waals surface area (Å²) in [6, 6.07) is 18.0. The van der Waals surface area contributed by atoms with Gasteiger partial charge in [0.1, 0.15) is 0 Å². The van der Waals surface area contributed by atoms with Crippen LogP contribution in [0.1, 0.15) is 55.3 Å². The third-order valence-electron chi connectivity index (χ3n) is 5.10. The zero-order chi connectivity index (χ0) is 18.4. The third kappa shape index (κ3) is 4.36. The quantitative estimate of drug-likeness (QED) is 0.816. The van der Waals surface area contributed by atoms with E-state index in [2.05, 4.69) is 30.3 Å². The van der Waals surface area contributed by atoms with Crippen LogP contribution in [0.2, 0.25) is 0 Å². The molecule has 26 heavy (non-hydrogen) atoms. The average Bonchev–Trinajstić information content (AvgIpc) is 2.69. The van der Waals surface area contributed by atoms with E-state index in [4.69, 9.17) is 14.7 Å². The van der Waals surface area contributed by atoms with Gasteiger partial charge in [0.25, 0.3) is 0 Å². The first-order valence-electron chi connectivity index (χ1n) is 9.15. The minimum Gasteiger partial charge on any atom is -0.493 e. The summed E-state index contributed by atoms with van der Waals surface area (Å²) < 4.78 is 11.6. The molecule has 1 N–H and O–H groups in total. The first-order valence-corrected chi connectivity index (χ1v) is 9.15. The van der Waals surface area contributed by atoms with Crippen LogP contribution >= 0.6 is 0 Å². The lowest BCUT2D eigenvalue weighted by Crippen LogP contribution is -2.23. The van der Waals surface area contributed by atoms with Gasteiger partial charge >= 0.3 is 0 Å². The number of aliphatic hydroxyl groups is 1. The summed E-state index contributed by atoms with van der Waals surface area (Å²) >= 11 is 0. The molecule has 0 aromatic heterocycles. The molecule has 1 aliphatic rings. The molecule has 4 heteroatoms. The second-order valence-electron chi connectivity index (χ2n) is 6.79. The van der Waals surface area contributed by atoms with E-state index in [1.165, 1.54) is 5.56 Å². The summed E-state index contributed by atoms with van der Waals surface area (Å²) in [6.45, 7) is 0. The Morgan fingerprint density at radius 3 is 2.46 bits per heavy atom. The van der Waals surface area contributed by atoms with Crippen LogP contribution in [-0.4, -0.2) is 18.3 Å². The number of nitrogens with zero attached hydrogens (tertiary/aromatic N) is 1. The van der Waals surface area contributed by atoms with Crippen LogP contribution in [0.4, 0.5) is 0 Å². The molecule has 2 aromatic rings. The number of hydrogen-bond donors (Lipinski definition) is 1. The van der Waals surface area contributed by atoms with Gasteiger partial charge in [0.15, 0.2) is 11.5 Å². The van der Waals surface area contributed by atoms with Gasteiger partial charge in [0, 0.05) is 0 Å². The molecule has 1 saturated carbocycles. The van der Waals surface area contributed by atoms with E-state index in [-0.39, 0.29) is 12.5 Å². The van der Waals surface area contributed by atoms with Crippen molar-refractivity contribution in [3.8, 4) is 17.6 Å². The van der Waals surface area contributed by atoms with Crippen molar-refractivity contribution in [3.63, 3.8) is 0 Å². The van der Waals surface area contributed by atoms with Crippen molar-refractivity contribution >= 4 is 0 Å². The summed E-state index contributed by atoms with van der Waals surface area (Å²) in [7, 11) is 1.61. The Bertz CT molecular complexity index is 746. The van der Waals surface area contributed by atoms with Gasteiger partial charge in [0.05, 0.1) is 31.8 Å². The maximum absolute atomic E-state index is 10.1. The molecular weight excluding hydrogens is 326 g/mol. The summed E-state index contributed by atoms with van der Waals surface area (Å²) in [6.07, 6.45) is 3.60. The van der Waals surface area contributed by atoms with Crippen molar-refractivity contribution in [1.82, 2.24) is 0 Å². The number of benzene rings is 2. The highest BCUT2D eigenvalue weighted by atomic mass is 16.5. The molecule has 4 nitrogen and oxygen atoms in total. The standard InChI is InChI=1S/C22H25NO3/c1-25-21-12-9-18(20(24)13-14-23)15-22(21)26-19-10-7-17(8-11-19)16-5-3-2-4-6-16/h2-6,9,12,15,17,19-20,24H,7-8,10-11,13H2,1H3/t17-,19-,20?. The van der Waals surface area contributed by atoms with Gasteiger partial charge in [-0.3, -0.25) is 0 Å². The van der Waals surface area contributed by atoms with Crippen LogP contribution in [0, 0.1) is 11.3 Å². The van der Waals surface area contributed by atoms with Crippen molar-refractivity contribution in [3.05, 3.63) is 59.7 Å². The van der Waals surface area contributed by atoms with Crippen molar-refractivity contribution in [1.29, 1.82) is 5.26 Å². The van der Waals surface area contributed by atoms with E-state index >= 15 is 0 Å². The van der Waals surface area contributed by atoms with E-state index in [0.29, 0.717) is 23.0 Å². The van der Waals surface area contributed by atoms with Crippen LogP contribution in [0.5, 0.6) is 11.5 Å². The smallest absolute Gasteiger partial charge is 0.161 e. The van der Waals surface area contributed by atoms with E-state index in [9.17, 15) is 5.11 Å². The van der Waals surface area contributed by atoms with Crippen LogP contribution in [0.25, 0.3) is 0 Å². The molecule has 2 aromatic carbocycles. The fourth-order valence-corrected chi connectivity index (χ4v) is 3.62. The Hall–Kier alpha value is -2.51. The van der Waals surface area contributed by atoms with Crippen LogP contribution < -0.4 is 9.47 Å². The fourth-order valence-electron chi connectivity index (χ4n) is 3.62. The molecule has 3 rings (SSSR count). The lowest BCUT2D eigenvalue weighted by atomic mass is 9.83. The van der Waals surface area contributed by atoms with Gasteiger partial charge < -0.3 is 14.6 Å². The molecule has 0 bridgehead atoms. The molecule has 1 fully saturated rings. The average molecular weight is 351 g/mol. The molecule has 1 aliphatic carbocycles. The fraction of sp³-hybridized carbons (Fsp3) is 0.409. The van der Waals surface area contributed by atoms with E-state index in [1.54, 1.807) is 25.3 Å². The monoisotopic (exact) mass is 351 g/mol. The number of rotatable bonds is 6. The number of hydrogen-bond acceptors (Lipinski definition) is 4. The summed E-state index contributed by atoms with van der Waals surface area (Å²) in [5, 5.41) is 18.8. The lowest BCUT2D eigenvalue weighted by Gasteiger charge is -2.30. The van der Waals surface area contributed by atoms with Crippen molar-refractivity contribution in [2.75, 3.05) is 7.11 Å². The predicted octanol–water partition coefficient (Wildman–Crippen LogP) is 4.75. The molecule has 1 atom stereocenters. The second-order valence-corrected chi connectivity index (χ2v) is 6.79. The van der Waals surface area contributed by atoms with Gasteiger partial charge in [-0.2, -0.15) is 5.26 Å². The predicted molar refractivity (Wildman–Crippen MR) is 100 cm³/mol. The SMILES string of the molecule is COc1ccc(C(O)CC#N)cc1O[C@H]1CC[C@H](c2ccccc2)CC1. The summed E-state index contributed by atoms with van der Waals surface area (Å²) in [5.74, 6) is 1.90. The second kappa shape index (κ2) is 8.73. The molecule has 1 unspecified atom stereocenters. The highest BCUT2D eigenvalue weighted by Crippen LogP contribution is 2.37. The zero-order valence-corrected chi connectivity index (χ0v) is 15.1. The molecular formula is C22H25NO3. The van der Waals surface area contributed by atoms with Gasteiger partial charge in [-0.1, -0.05) is 36.4 Å². The van der Waals surface area contributed by atoms with Crippen LogP contribution in [0.15, 0.2) is 48.5 Å². The molecule has 0 amide bonds. The number of ether oxygens (including phenoxy) is 2. The Morgan fingerprint density at radius 2 is 1.81 bits per heavy atom. The Kier molecular flexibility index (Phi) is 6.14. The molecule has 0 aliphatic heterocycles. The maximum Gasteiger partial charge on any atom is 0.161 e. The molecule has 136 valence electrons. The number of methoxy groups -OCH3 is 1. The lowest BCUT2D eigenvalue weighted by molar-refractivity contribution is 0.140. The van der Waals surface area contributed by atoms with Crippen molar-refractivity contribution < 1.29 is 14.6 Å².